The fourth-order valence-electron chi connectivity index (χ4n) is 4.29. The quantitative estimate of drug-likeness (QED) is 0.672. The first-order valence-electron chi connectivity index (χ1n) is 10.6. The number of nitrogens with zero attached hydrogens (tertiary/aromatic N) is 3. The van der Waals surface area contributed by atoms with Gasteiger partial charge in [0.05, 0.1) is 10.9 Å². The maximum atomic E-state index is 13.4. The van der Waals surface area contributed by atoms with Gasteiger partial charge in [-0.05, 0) is 64.6 Å². The SMILES string of the molecule is CCn1c(=O)[nH]c(=O)c2c(C(=O)N3CCC(CCNC)CC3)cc(C3CC3)nc21.Cl.Cl. The summed E-state index contributed by atoms with van der Waals surface area (Å²) in [7, 11) is 1.96. The number of nitrogens with one attached hydrogen (secondary N) is 2. The van der Waals surface area contributed by atoms with Crippen molar-refractivity contribution in [3.63, 3.8) is 0 Å². The molecule has 0 unspecified atom stereocenters. The second-order valence-electron chi connectivity index (χ2n) is 8.20. The molecule has 0 aromatic carbocycles. The molecule has 1 saturated carbocycles. The lowest BCUT2D eigenvalue weighted by molar-refractivity contribution is 0.0689. The van der Waals surface area contributed by atoms with Crippen molar-refractivity contribution in [1.29, 1.82) is 0 Å². The van der Waals surface area contributed by atoms with Crippen LogP contribution in [-0.4, -0.2) is 52.0 Å². The number of pyridine rings is 1. The average molecular weight is 472 g/mol. The van der Waals surface area contributed by atoms with Gasteiger partial charge >= 0.3 is 5.69 Å². The van der Waals surface area contributed by atoms with Crippen LogP contribution in [0.1, 0.15) is 61.0 Å². The molecule has 2 aromatic rings. The molecule has 0 spiro atoms. The largest absolute Gasteiger partial charge is 0.339 e. The molecule has 2 aliphatic rings. The number of hydrogen-bond acceptors (Lipinski definition) is 5. The summed E-state index contributed by atoms with van der Waals surface area (Å²) in [5.41, 5.74) is 0.523. The highest BCUT2D eigenvalue weighted by atomic mass is 35.5. The molecule has 1 amide bonds. The number of fused-ring (bicyclic) bond motifs is 1. The molecule has 1 aliphatic heterocycles. The summed E-state index contributed by atoms with van der Waals surface area (Å²) in [4.78, 5) is 47.2. The molecule has 2 N–H and O–H groups in total. The van der Waals surface area contributed by atoms with Crippen LogP contribution in [0.5, 0.6) is 0 Å². The summed E-state index contributed by atoms with van der Waals surface area (Å²) >= 11 is 0. The Morgan fingerprint density at radius 3 is 2.45 bits per heavy atom. The molecule has 172 valence electrons. The van der Waals surface area contributed by atoms with Crippen molar-refractivity contribution >= 4 is 41.8 Å². The zero-order valence-corrected chi connectivity index (χ0v) is 19.6. The third kappa shape index (κ3) is 5.13. The van der Waals surface area contributed by atoms with Gasteiger partial charge in [-0.15, -0.1) is 24.8 Å². The van der Waals surface area contributed by atoms with Gasteiger partial charge in [-0.1, -0.05) is 0 Å². The van der Waals surface area contributed by atoms with E-state index in [1.54, 1.807) is 6.07 Å². The van der Waals surface area contributed by atoms with Crippen LogP contribution in [0.4, 0.5) is 0 Å². The Hall–Kier alpha value is -1.90. The van der Waals surface area contributed by atoms with Gasteiger partial charge in [0, 0.05) is 31.2 Å². The predicted octanol–water partition coefficient (Wildman–Crippen LogP) is 2.29. The van der Waals surface area contributed by atoms with Gasteiger partial charge in [0.15, 0.2) is 5.65 Å². The average Bonchev–Trinajstić information content (AvgIpc) is 3.57. The van der Waals surface area contributed by atoms with Gasteiger partial charge in [0.2, 0.25) is 0 Å². The zero-order valence-electron chi connectivity index (χ0n) is 18.0. The maximum absolute atomic E-state index is 13.4. The van der Waals surface area contributed by atoms with Gasteiger partial charge in [0.1, 0.15) is 0 Å². The second kappa shape index (κ2) is 10.6. The highest BCUT2D eigenvalue weighted by molar-refractivity contribution is 6.05. The Balaban J connectivity index is 0.00000171. The molecular weight excluding hydrogens is 441 g/mol. The van der Waals surface area contributed by atoms with E-state index in [0.29, 0.717) is 42.7 Å². The molecule has 2 aromatic heterocycles. The lowest BCUT2D eigenvalue weighted by Crippen LogP contribution is -2.40. The number of aryl methyl sites for hydroxylation is 1. The molecule has 1 saturated heterocycles. The number of aromatic amines is 1. The molecule has 0 atom stereocenters. The summed E-state index contributed by atoms with van der Waals surface area (Å²) in [6.07, 6.45) is 5.12. The van der Waals surface area contributed by atoms with Crippen molar-refractivity contribution < 1.29 is 4.79 Å². The monoisotopic (exact) mass is 471 g/mol. The molecule has 1 aliphatic carbocycles. The number of hydrogen-bond donors (Lipinski definition) is 2. The molecule has 4 rings (SSSR count). The molecule has 8 nitrogen and oxygen atoms in total. The lowest BCUT2D eigenvalue weighted by atomic mass is 9.93. The summed E-state index contributed by atoms with van der Waals surface area (Å²) in [6.45, 7) is 4.60. The van der Waals surface area contributed by atoms with E-state index < -0.39 is 11.2 Å². The first kappa shape index (κ1) is 25.4. The van der Waals surface area contributed by atoms with Gasteiger partial charge in [-0.25, -0.2) is 9.78 Å². The third-order valence-corrected chi connectivity index (χ3v) is 6.22. The minimum absolute atomic E-state index is 0. The molecule has 10 heteroatoms. The molecule has 2 fully saturated rings. The van der Waals surface area contributed by atoms with Crippen molar-refractivity contribution in [2.24, 2.45) is 5.92 Å². The third-order valence-electron chi connectivity index (χ3n) is 6.22. The number of carbonyl (C=O) groups is 1. The van der Waals surface area contributed by atoms with E-state index >= 15 is 0 Å². The van der Waals surface area contributed by atoms with Gasteiger partial charge in [-0.3, -0.25) is 19.1 Å². The van der Waals surface area contributed by atoms with Crippen LogP contribution in [-0.2, 0) is 6.54 Å². The summed E-state index contributed by atoms with van der Waals surface area (Å²) in [5, 5.41) is 3.42. The van der Waals surface area contributed by atoms with E-state index in [1.807, 2.05) is 18.9 Å². The molecule has 31 heavy (non-hydrogen) atoms. The van der Waals surface area contributed by atoms with Crippen LogP contribution in [0.15, 0.2) is 15.7 Å². The zero-order chi connectivity index (χ0) is 20.5. The van der Waals surface area contributed by atoms with Crippen LogP contribution in [0.2, 0.25) is 0 Å². The second-order valence-corrected chi connectivity index (χ2v) is 8.20. The fourth-order valence-corrected chi connectivity index (χ4v) is 4.29. The minimum atomic E-state index is -0.531. The topological polar surface area (TPSA) is 100 Å². The van der Waals surface area contributed by atoms with E-state index in [2.05, 4.69) is 15.3 Å². The smallest absolute Gasteiger partial charge is 0.329 e. The number of carbonyl (C=O) groups excluding carboxylic acids is 1. The normalized spacial score (nSPS) is 16.6. The summed E-state index contributed by atoms with van der Waals surface area (Å²) in [5.74, 6) is 0.812. The molecule has 0 bridgehead atoms. The Bertz CT molecular complexity index is 1040. The van der Waals surface area contributed by atoms with Crippen molar-refractivity contribution in [1.82, 2.24) is 24.8 Å². The highest BCUT2D eigenvalue weighted by Crippen LogP contribution is 2.40. The first-order valence-corrected chi connectivity index (χ1v) is 10.6. The Kier molecular flexibility index (Phi) is 8.68. The number of H-pyrrole nitrogens is 1. The van der Waals surface area contributed by atoms with Crippen LogP contribution < -0.4 is 16.6 Å². The Labute approximate surface area is 193 Å². The van der Waals surface area contributed by atoms with Gasteiger partial charge < -0.3 is 10.2 Å². The van der Waals surface area contributed by atoms with Gasteiger partial charge in [-0.2, -0.15) is 0 Å². The van der Waals surface area contributed by atoms with Crippen LogP contribution in [0.25, 0.3) is 11.0 Å². The van der Waals surface area contributed by atoms with Crippen molar-refractivity contribution in [3.8, 4) is 0 Å². The van der Waals surface area contributed by atoms with Crippen molar-refractivity contribution in [2.75, 3.05) is 26.7 Å². The lowest BCUT2D eigenvalue weighted by Gasteiger charge is -2.32. The molecular formula is C21H31Cl2N5O3. The summed E-state index contributed by atoms with van der Waals surface area (Å²) < 4.78 is 1.45. The minimum Gasteiger partial charge on any atom is -0.339 e. The predicted molar refractivity (Wildman–Crippen MR) is 126 cm³/mol. The standard InChI is InChI=1S/C21H29N5O3.2ClH/c1-3-26-18-17(19(27)24-21(26)29)15(12-16(23-18)14-4-5-14)20(28)25-10-7-13(8-11-25)6-9-22-2;;/h12-14,22H,3-11H2,1-2H3,(H,24,27,29);2*1H. The van der Waals surface area contributed by atoms with E-state index in [0.717, 1.165) is 44.3 Å². The number of amides is 1. The number of rotatable bonds is 6. The van der Waals surface area contributed by atoms with E-state index in [1.165, 1.54) is 4.57 Å². The maximum Gasteiger partial charge on any atom is 0.329 e. The van der Waals surface area contributed by atoms with Crippen molar-refractivity contribution in [2.45, 2.75) is 51.5 Å². The van der Waals surface area contributed by atoms with Crippen molar-refractivity contribution in [3.05, 3.63) is 38.2 Å². The fraction of sp³-hybridized carbons (Fsp3) is 0.619. The number of aromatic nitrogens is 3. The van der Waals surface area contributed by atoms with Crippen LogP contribution in [0.3, 0.4) is 0 Å². The summed E-state index contributed by atoms with van der Waals surface area (Å²) in [6, 6.07) is 1.79. The highest BCUT2D eigenvalue weighted by Gasteiger charge is 2.31. The number of likely N-dealkylation sites (tertiary alicyclic amines) is 1. The van der Waals surface area contributed by atoms with Crippen LogP contribution in [0, 0.1) is 5.92 Å². The molecule has 0 radical (unpaired) electrons. The number of piperidine rings is 1. The van der Waals surface area contributed by atoms with E-state index in [9.17, 15) is 14.4 Å². The number of halogens is 2. The Morgan fingerprint density at radius 1 is 1.19 bits per heavy atom. The first-order chi connectivity index (χ1) is 14.0. The molecule has 3 heterocycles. The Morgan fingerprint density at radius 2 is 1.87 bits per heavy atom. The van der Waals surface area contributed by atoms with Crippen LogP contribution >= 0.6 is 24.8 Å². The van der Waals surface area contributed by atoms with Gasteiger partial charge in [0.25, 0.3) is 11.5 Å². The van der Waals surface area contributed by atoms with E-state index in [-0.39, 0.29) is 36.1 Å². The van der Waals surface area contributed by atoms with E-state index in [4.69, 9.17) is 0 Å².